The van der Waals surface area contributed by atoms with Gasteiger partial charge in [0.15, 0.2) is 0 Å². The molecule has 0 spiro atoms. The number of benzene rings is 1. The van der Waals surface area contributed by atoms with Gasteiger partial charge in [0, 0.05) is 17.6 Å². The van der Waals surface area contributed by atoms with Crippen molar-refractivity contribution < 1.29 is 4.79 Å². The summed E-state index contributed by atoms with van der Waals surface area (Å²) in [6, 6.07) is 7.16. The number of thiazole rings is 1. The second-order valence-corrected chi connectivity index (χ2v) is 6.46. The van der Waals surface area contributed by atoms with Crippen molar-refractivity contribution in [3.8, 4) is 0 Å². The summed E-state index contributed by atoms with van der Waals surface area (Å²) in [7, 11) is 0. The average molecular weight is 317 g/mol. The Kier molecular flexibility index (Phi) is 6.10. The highest BCUT2D eigenvalue weighted by Crippen LogP contribution is 2.13. The van der Waals surface area contributed by atoms with Crippen molar-refractivity contribution in [2.75, 3.05) is 6.54 Å². The lowest BCUT2D eigenvalue weighted by atomic mass is 10.1. The van der Waals surface area contributed by atoms with Crippen LogP contribution in [0.1, 0.15) is 40.7 Å². The van der Waals surface area contributed by atoms with Crippen molar-refractivity contribution in [1.82, 2.24) is 10.3 Å². The Morgan fingerprint density at radius 3 is 2.64 bits per heavy atom. The Morgan fingerprint density at radius 2 is 2.00 bits per heavy atom. The normalized spacial score (nSPS) is 12.1. The summed E-state index contributed by atoms with van der Waals surface area (Å²) >= 11 is 1.70. The van der Waals surface area contributed by atoms with Crippen molar-refractivity contribution in [3.63, 3.8) is 0 Å². The first-order chi connectivity index (χ1) is 10.6. The van der Waals surface area contributed by atoms with Crippen LogP contribution in [-0.4, -0.2) is 17.4 Å². The molecule has 0 saturated carbocycles. The van der Waals surface area contributed by atoms with Crippen LogP contribution in [0.5, 0.6) is 0 Å². The van der Waals surface area contributed by atoms with Crippen molar-refractivity contribution in [2.24, 2.45) is 5.73 Å². The van der Waals surface area contributed by atoms with E-state index in [4.69, 9.17) is 5.73 Å². The van der Waals surface area contributed by atoms with Crippen molar-refractivity contribution in [2.45, 2.75) is 39.2 Å². The zero-order valence-corrected chi connectivity index (χ0v) is 14.0. The molecule has 0 saturated heterocycles. The lowest BCUT2D eigenvalue weighted by Crippen LogP contribution is -2.34. The third-order valence-corrected chi connectivity index (χ3v) is 4.53. The van der Waals surface area contributed by atoms with E-state index in [0.29, 0.717) is 6.54 Å². The van der Waals surface area contributed by atoms with Crippen LogP contribution in [0.15, 0.2) is 29.6 Å². The van der Waals surface area contributed by atoms with Crippen LogP contribution in [-0.2, 0) is 11.2 Å². The molecule has 1 heterocycles. The fourth-order valence-corrected chi connectivity index (χ4v) is 2.98. The molecule has 0 fully saturated rings. The van der Waals surface area contributed by atoms with Crippen molar-refractivity contribution in [1.29, 1.82) is 0 Å². The standard InChI is InChI=1S/C17H23N3OS/c1-12-6-8-14(9-7-12)16(18)17(21)19-10-4-3-5-15-20-13(2)11-22-15/h6-9,11,16H,3-5,10,18H2,1-2H3,(H,19,21). The molecule has 2 aromatic rings. The van der Waals surface area contributed by atoms with Gasteiger partial charge in [-0.15, -0.1) is 11.3 Å². The van der Waals surface area contributed by atoms with E-state index in [2.05, 4.69) is 15.7 Å². The number of carbonyl (C=O) groups is 1. The Bertz CT molecular complexity index is 607. The Morgan fingerprint density at radius 1 is 1.27 bits per heavy atom. The quantitative estimate of drug-likeness (QED) is 0.772. The highest BCUT2D eigenvalue weighted by atomic mass is 32.1. The van der Waals surface area contributed by atoms with E-state index < -0.39 is 6.04 Å². The van der Waals surface area contributed by atoms with Crippen molar-refractivity contribution >= 4 is 17.2 Å². The van der Waals surface area contributed by atoms with E-state index in [1.54, 1.807) is 11.3 Å². The van der Waals surface area contributed by atoms with Gasteiger partial charge in [-0.25, -0.2) is 4.98 Å². The summed E-state index contributed by atoms with van der Waals surface area (Å²) in [5.74, 6) is -0.117. The number of nitrogens with zero attached hydrogens (tertiary/aromatic N) is 1. The topological polar surface area (TPSA) is 68.0 Å². The largest absolute Gasteiger partial charge is 0.354 e. The second-order valence-electron chi connectivity index (χ2n) is 5.52. The van der Waals surface area contributed by atoms with Gasteiger partial charge in [-0.05, 0) is 38.7 Å². The summed E-state index contributed by atoms with van der Waals surface area (Å²) in [5.41, 5.74) is 9.07. The van der Waals surface area contributed by atoms with Crippen LogP contribution >= 0.6 is 11.3 Å². The van der Waals surface area contributed by atoms with Crippen LogP contribution < -0.4 is 11.1 Å². The van der Waals surface area contributed by atoms with Crippen LogP contribution in [0, 0.1) is 13.8 Å². The van der Waals surface area contributed by atoms with Gasteiger partial charge in [0.2, 0.25) is 5.91 Å². The number of hydrogen-bond donors (Lipinski definition) is 2. The zero-order chi connectivity index (χ0) is 15.9. The number of aromatic nitrogens is 1. The fourth-order valence-electron chi connectivity index (χ4n) is 2.17. The number of carbonyl (C=O) groups excluding carboxylic acids is 1. The zero-order valence-electron chi connectivity index (χ0n) is 13.1. The van der Waals surface area contributed by atoms with Gasteiger partial charge in [-0.1, -0.05) is 29.8 Å². The monoisotopic (exact) mass is 317 g/mol. The van der Waals surface area contributed by atoms with Gasteiger partial charge in [0.05, 0.1) is 5.01 Å². The molecule has 1 atom stereocenters. The highest BCUT2D eigenvalue weighted by molar-refractivity contribution is 7.09. The first-order valence-corrected chi connectivity index (χ1v) is 8.45. The van der Waals surface area contributed by atoms with Gasteiger partial charge >= 0.3 is 0 Å². The van der Waals surface area contributed by atoms with Gasteiger partial charge in [0.1, 0.15) is 6.04 Å². The molecule has 0 aliphatic heterocycles. The van der Waals surface area contributed by atoms with E-state index in [0.717, 1.165) is 36.1 Å². The number of amides is 1. The molecule has 5 heteroatoms. The molecule has 1 aromatic heterocycles. The first-order valence-electron chi connectivity index (χ1n) is 7.57. The number of nitrogens with two attached hydrogens (primary N) is 1. The molecule has 0 aliphatic rings. The minimum Gasteiger partial charge on any atom is -0.354 e. The Labute approximate surface area is 135 Å². The summed E-state index contributed by atoms with van der Waals surface area (Å²) < 4.78 is 0. The van der Waals surface area contributed by atoms with E-state index >= 15 is 0 Å². The minimum atomic E-state index is -0.595. The minimum absolute atomic E-state index is 0.117. The number of hydrogen-bond acceptors (Lipinski definition) is 4. The maximum atomic E-state index is 12.0. The predicted octanol–water partition coefficient (Wildman–Crippen LogP) is 2.90. The number of nitrogens with one attached hydrogen (secondary N) is 1. The van der Waals surface area contributed by atoms with E-state index in [9.17, 15) is 4.79 Å². The van der Waals surface area contributed by atoms with Gasteiger partial charge in [-0.3, -0.25) is 4.79 Å². The van der Waals surface area contributed by atoms with Gasteiger partial charge in [0.25, 0.3) is 0 Å². The summed E-state index contributed by atoms with van der Waals surface area (Å²) in [6.45, 7) is 4.68. The number of unbranched alkanes of at least 4 members (excludes halogenated alkanes) is 1. The molecule has 1 amide bonds. The summed E-state index contributed by atoms with van der Waals surface area (Å²) in [5, 5.41) is 6.14. The summed E-state index contributed by atoms with van der Waals surface area (Å²) in [6.07, 6.45) is 2.93. The lowest BCUT2D eigenvalue weighted by Gasteiger charge is -2.12. The van der Waals surface area contributed by atoms with Gasteiger partial charge in [-0.2, -0.15) is 0 Å². The van der Waals surface area contributed by atoms with E-state index in [1.165, 1.54) is 5.01 Å². The van der Waals surface area contributed by atoms with Crippen LogP contribution in [0.25, 0.3) is 0 Å². The van der Waals surface area contributed by atoms with E-state index in [-0.39, 0.29) is 5.91 Å². The maximum absolute atomic E-state index is 12.0. The second kappa shape index (κ2) is 8.06. The third kappa shape index (κ3) is 4.93. The predicted molar refractivity (Wildman–Crippen MR) is 90.9 cm³/mol. The molecule has 118 valence electrons. The van der Waals surface area contributed by atoms with E-state index in [1.807, 2.05) is 38.1 Å². The molecule has 0 radical (unpaired) electrons. The third-order valence-electron chi connectivity index (χ3n) is 3.50. The van der Waals surface area contributed by atoms with Crippen LogP contribution in [0.4, 0.5) is 0 Å². The molecule has 0 bridgehead atoms. The molecule has 1 aromatic carbocycles. The molecular formula is C17H23N3OS. The SMILES string of the molecule is Cc1ccc(C(N)C(=O)NCCCCc2nc(C)cs2)cc1. The van der Waals surface area contributed by atoms with Crippen LogP contribution in [0.2, 0.25) is 0 Å². The molecule has 4 nitrogen and oxygen atoms in total. The number of aryl methyl sites for hydroxylation is 3. The lowest BCUT2D eigenvalue weighted by molar-refractivity contribution is -0.122. The molecule has 3 N–H and O–H groups in total. The molecule has 1 unspecified atom stereocenters. The van der Waals surface area contributed by atoms with Crippen molar-refractivity contribution in [3.05, 3.63) is 51.5 Å². The smallest absolute Gasteiger partial charge is 0.241 e. The Balaban J connectivity index is 1.67. The fraction of sp³-hybridized carbons (Fsp3) is 0.412. The maximum Gasteiger partial charge on any atom is 0.241 e. The highest BCUT2D eigenvalue weighted by Gasteiger charge is 2.14. The van der Waals surface area contributed by atoms with Crippen LogP contribution in [0.3, 0.4) is 0 Å². The average Bonchev–Trinajstić information content (AvgIpc) is 2.92. The first kappa shape index (κ1) is 16.6. The summed E-state index contributed by atoms with van der Waals surface area (Å²) in [4.78, 5) is 16.4. The Hall–Kier alpha value is -1.72. The molecular weight excluding hydrogens is 294 g/mol. The number of rotatable bonds is 7. The molecule has 22 heavy (non-hydrogen) atoms. The molecule has 2 rings (SSSR count). The molecule has 0 aliphatic carbocycles. The van der Waals surface area contributed by atoms with Gasteiger partial charge < -0.3 is 11.1 Å².